The summed E-state index contributed by atoms with van der Waals surface area (Å²) in [6, 6.07) is 10.4. The number of carbonyl (C=O) groups is 1. The SMILES string of the molecule is COc1ccc(Br)cc1C(=O)c1ccc(Cl)c(Br)c1. The molecule has 0 atom stereocenters. The lowest BCUT2D eigenvalue weighted by Gasteiger charge is -2.09. The molecule has 0 N–H and O–H groups in total. The average Bonchev–Trinajstić information content (AvgIpc) is 2.41. The Morgan fingerprint density at radius 1 is 1.16 bits per heavy atom. The molecule has 2 nitrogen and oxygen atoms in total. The summed E-state index contributed by atoms with van der Waals surface area (Å²) in [4.78, 5) is 12.5. The predicted octanol–water partition coefficient (Wildman–Crippen LogP) is 5.10. The van der Waals surface area contributed by atoms with Gasteiger partial charge in [0.15, 0.2) is 5.78 Å². The fraction of sp³-hybridized carbons (Fsp3) is 0.0714. The van der Waals surface area contributed by atoms with Gasteiger partial charge in [0.05, 0.1) is 17.7 Å². The molecule has 2 aromatic rings. The smallest absolute Gasteiger partial charge is 0.196 e. The number of ketones is 1. The molecule has 0 aliphatic heterocycles. The van der Waals surface area contributed by atoms with Crippen molar-refractivity contribution < 1.29 is 9.53 Å². The monoisotopic (exact) mass is 402 g/mol. The van der Waals surface area contributed by atoms with Crippen molar-refractivity contribution in [2.75, 3.05) is 7.11 Å². The third-order valence-electron chi connectivity index (χ3n) is 2.59. The van der Waals surface area contributed by atoms with Crippen LogP contribution in [0.1, 0.15) is 15.9 Å². The van der Waals surface area contributed by atoms with Crippen LogP contribution in [0.3, 0.4) is 0 Å². The molecule has 0 aliphatic carbocycles. The normalized spacial score (nSPS) is 10.3. The Morgan fingerprint density at radius 3 is 2.53 bits per heavy atom. The Bertz CT molecular complexity index is 641. The van der Waals surface area contributed by atoms with Crippen LogP contribution in [-0.2, 0) is 0 Å². The van der Waals surface area contributed by atoms with Crippen molar-refractivity contribution in [1.29, 1.82) is 0 Å². The Morgan fingerprint density at radius 2 is 1.89 bits per heavy atom. The highest BCUT2D eigenvalue weighted by atomic mass is 79.9. The summed E-state index contributed by atoms with van der Waals surface area (Å²) in [5, 5.41) is 0.567. The lowest BCUT2D eigenvalue weighted by atomic mass is 10.0. The molecule has 0 amide bonds. The molecule has 0 bridgehead atoms. The zero-order chi connectivity index (χ0) is 14.0. The number of ether oxygens (including phenoxy) is 1. The first kappa shape index (κ1) is 14.6. The standard InChI is InChI=1S/C14H9Br2ClO2/c1-19-13-5-3-9(15)7-10(13)14(18)8-2-4-12(17)11(16)6-8/h2-7H,1H3. The van der Waals surface area contributed by atoms with Crippen molar-refractivity contribution in [1.82, 2.24) is 0 Å². The van der Waals surface area contributed by atoms with E-state index in [0.29, 0.717) is 26.4 Å². The van der Waals surface area contributed by atoms with Crippen LogP contribution < -0.4 is 4.74 Å². The van der Waals surface area contributed by atoms with Crippen LogP contribution in [-0.4, -0.2) is 12.9 Å². The molecule has 0 fully saturated rings. The molecule has 98 valence electrons. The van der Waals surface area contributed by atoms with Gasteiger partial charge in [-0.05, 0) is 52.3 Å². The topological polar surface area (TPSA) is 26.3 Å². The van der Waals surface area contributed by atoms with Crippen molar-refractivity contribution >= 4 is 49.2 Å². The van der Waals surface area contributed by atoms with Gasteiger partial charge in [0.25, 0.3) is 0 Å². The van der Waals surface area contributed by atoms with Gasteiger partial charge in [0.2, 0.25) is 0 Å². The molecule has 0 aliphatic rings. The van der Waals surface area contributed by atoms with Crippen LogP contribution in [0.15, 0.2) is 45.3 Å². The minimum absolute atomic E-state index is 0.115. The fourth-order valence-electron chi connectivity index (χ4n) is 1.65. The van der Waals surface area contributed by atoms with E-state index in [9.17, 15) is 4.79 Å². The maximum Gasteiger partial charge on any atom is 0.196 e. The van der Waals surface area contributed by atoms with E-state index in [4.69, 9.17) is 16.3 Å². The molecule has 0 spiro atoms. The van der Waals surface area contributed by atoms with Gasteiger partial charge in [0.1, 0.15) is 5.75 Å². The van der Waals surface area contributed by atoms with Crippen LogP contribution in [0.4, 0.5) is 0 Å². The zero-order valence-electron chi connectivity index (χ0n) is 9.91. The first-order chi connectivity index (χ1) is 9.02. The quantitative estimate of drug-likeness (QED) is 0.665. The van der Waals surface area contributed by atoms with Crippen LogP contribution in [0.2, 0.25) is 5.02 Å². The molecule has 0 heterocycles. The maximum absolute atomic E-state index is 12.5. The van der Waals surface area contributed by atoms with Crippen molar-refractivity contribution in [3.05, 3.63) is 61.5 Å². The van der Waals surface area contributed by atoms with E-state index in [-0.39, 0.29) is 5.78 Å². The van der Waals surface area contributed by atoms with Crippen LogP contribution >= 0.6 is 43.5 Å². The number of carbonyl (C=O) groups excluding carboxylic acids is 1. The highest BCUT2D eigenvalue weighted by Crippen LogP contribution is 2.28. The maximum atomic E-state index is 12.5. The second kappa shape index (κ2) is 6.07. The van der Waals surface area contributed by atoms with Gasteiger partial charge in [-0.25, -0.2) is 0 Å². The van der Waals surface area contributed by atoms with Crippen molar-refractivity contribution in [3.63, 3.8) is 0 Å². The van der Waals surface area contributed by atoms with Gasteiger partial charge in [-0.1, -0.05) is 27.5 Å². The Kier molecular flexibility index (Phi) is 4.66. The predicted molar refractivity (Wildman–Crippen MR) is 83.3 cm³/mol. The Hall–Kier alpha value is -0.840. The molecule has 0 aromatic heterocycles. The second-order valence-corrected chi connectivity index (χ2v) is 5.98. The van der Waals surface area contributed by atoms with Crippen molar-refractivity contribution in [3.8, 4) is 5.75 Å². The van der Waals surface area contributed by atoms with Crippen LogP contribution in [0, 0.1) is 0 Å². The van der Waals surface area contributed by atoms with E-state index < -0.39 is 0 Å². The molecule has 0 unspecified atom stereocenters. The minimum Gasteiger partial charge on any atom is -0.496 e. The van der Waals surface area contributed by atoms with Crippen LogP contribution in [0.25, 0.3) is 0 Å². The summed E-state index contributed by atoms with van der Waals surface area (Å²) < 4.78 is 6.73. The van der Waals surface area contributed by atoms with Crippen LogP contribution in [0.5, 0.6) is 5.75 Å². The number of methoxy groups -OCH3 is 1. The molecule has 5 heteroatoms. The van der Waals surface area contributed by atoms with E-state index in [1.165, 1.54) is 7.11 Å². The van der Waals surface area contributed by atoms with E-state index in [1.807, 2.05) is 6.07 Å². The fourth-order valence-corrected chi connectivity index (χ4v) is 2.51. The zero-order valence-corrected chi connectivity index (χ0v) is 13.8. The molecule has 0 radical (unpaired) electrons. The molecular formula is C14H9Br2ClO2. The van der Waals surface area contributed by atoms with Gasteiger partial charge < -0.3 is 4.74 Å². The van der Waals surface area contributed by atoms with Crippen molar-refractivity contribution in [2.24, 2.45) is 0 Å². The lowest BCUT2D eigenvalue weighted by molar-refractivity contribution is 0.103. The minimum atomic E-state index is -0.115. The number of hydrogen-bond donors (Lipinski definition) is 0. The third-order valence-corrected chi connectivity index (χ3v) is 4.30. The summed E-state index contributed by atoms with van der Waals surface area (Å²) in [6.45, 7) is 0. The Labute approximate surface area is 133 Å². The molecular weight excluding hydrogens is 395 g/mol. The van der Waals surface area contributed by atoms with Crippen molar-refractivity contribution in [2.45, 2.75) is 0 Å². The molecule has 0 saturated carbocycles. The van der Waals surface area contributed by atoms with E-state index in [2.05, 4.69) is 31.9 Å². The molecule has 2 aromatic carbocycles. The Balaban J connectivity index is 2.49. The third kappa shape index (κ3) is 3.19. The average molecular weight is 404 g/mol. The van der Waals surface area contributed by atoms with E-state index in [1.54, 1.807) is 30.3 Å². The first-order valence-corrected chi connectivity index (χ1v) is 7.32. The number of rotatable bonds is 3. The number of hydrogen-bond acceptors (Lipinski definition) is 2. The highest BCUT2D eigenvalue weighted by Gasteiger charge is 2.15. The summed E-state index contributed by atoms with van der Waals surface area (Å²) in [7, 11) is 1.54. The van der Waals surface area contributed by atoms with E-state index in [0.717, 1.165) is 4.47 Å². The van der Waals surface area contributed by atoms with Gasteiger partial charge in [-0.15, -0.1) is 0 Å². The summed E-state index contributed by atoms with van der Waals surface area (Å²) in [5.41, 5.74) is 1.05. The summed E-state index contributed by atoms with van der Waals surface area (Å²) >= 11 is 12.6. The first-order valence-electron chi connectivity index (χ1n) is 5.36. The number of halogens is 3. The van der Waals surface area contributed by atoms with E-state index >= 15 is 0 Å². The number of benzene rings is 2. The highest BCUT2D eigenvalue weighted by molar-refractivity contribution is 9.10. The summed E-state index contributed by atoms with van der Waals surface area (Å²) in [6.07, 6.45) is 0. The van der Waals surface area contributed by atoms with Gasteiger partial charge in [-0.2, -0.15) is 0 Å². The largest absolute Gasteiger partial charge is 0.496 e. The molecule has 2 rings (SSSR count). The van der Waals surface area contributed by atoms with Gasteiger partial charge >= 0.3 is 0 Å². The lowest BCUT2D eigenvalue weighted by Crippen LogP contribution is -2.04. The second-order valence-electron chi connectivity index (χ2n) is 3.80. The van der Waals surface area contributed by atoms with Gasteiger partial charge in [0, 0.05) is 14.5 Å². The summed E-state index contributed by atoms with van der Waals surface area (Å²) in [5.74, 6) is 0.426. The molecule has 0 saturated heterocycles. The molecule has 19 heavy (non-hydrogen) atoms. The van der Waals surface area contributed by atoms with Gasteiger partial charge in [-0.3, -0.25) is 4.79 Å².